The second kappa shape index (κ2) is 6.21. The van der Waals surface area contributed by atoms with Crippen LogP contribution in [0.4, 0.5) is 13.2 Å². The Morgan fingerprint density at radius 1 is 1.16 bits per heavy atom. The second-order valence-electron chi connectivity index (χ2n) is 3.47. The number of hydrogen-bond acceptors (Lipinski definition) is 4. The van der Waals surface area contributed by atoms with Crippen molar-refractivity contribution >= 4 is 11.8 Å². The first-order valence-corrected chi connectivity index (χ1v) is 5.32. The average molecular weight is 276 g/mol. The molecule has 0 radical (unpaired) electrons. The fraction of sp³-hybridized carbons (Fsp3) is 0.333. The summed E-state index contributed by atoms with van der Waals surface area (Å²) >= 11 is 0. The molecule has 1 rings (SSSR count). The van der Waals surface area contributed by atoms with Gasteiger partial charge in [-0.15, -0.1) is 0 Å². The Bertz CT molecular complexity index is 514. The third-order valence-electron chi connectivity index (χ3n) is 2.24. The van der Waals surface area contributed by atoms with Gasteiger partial charge < -0.3 is 9.47 Å². The van der Waals surface area contributed by atoms with Crippen LogP contribution >= 0.6 is 0 Å². The number of rotatable bonds is 5. The molecule has 0 spiro atoms. The number of esters is 1. The van der Waals surface area contributed by atoms with E-state index >= 15 is 0 Å². The van der Waals surface area contributed by atoms with E-state index < -0.39 is 46.9 Å². The average Bonchev–Trinajstić information content (AvgIpc) is 2.36. The maximum atomic E-state index is 13.4. The van der Waals surface area contributed by atoms with E-state index in [0.717, 1.165) is 7.11 Å². The fourth-order valence-corrected chi connectivity index (χ4v) is 1.37. The molecule has 4 nitrogen and oxygen atoms in total. The van der Waals surface area contributed by atoms with Gasteiger partial charge in [0, 0.05) is 0 Å². The molecule has 0 saturated carbocycles. The summed E-state index contributed by atoms with van der Waals surface area (Å²) in [5.74, 6) is -7.54. The van der Waals surface area contributed by atoms with Gasteiger partial charge in [-0.25, -0.2) is 8.78 Å². The van der Waals surface area contributed by atoms with E-state index in [9.17, 15) is 22.8 Å². The Labute approximate surface area is 107 Å². The predicted molar refractivity (Wildman–Crippen MR) is 58.4 cm³/mol. The number of halogens is 3. The quantitative estimate of drug-likeness (QED) is 0.358. The van der Waals surface area contributed by atoms with Crippen LogP contribution in [0.15, 0.2) is 6.07 Å². The van der Waals surface area contributed by atoms with Crippen LogP contribution in [-0.4, -0.2) is 25.5 Å². The number of Topliss-reactive ketones (excluding diaryl/α,β-unsaturated/α-hetero) is 1. The Morgan fingerprint density at radius 3 is 2.32 bits per heavy atom. The first kappa shape index (κ1) is 15.0. The number of carbonyl (C=O) groups is 2. The van der Waals surface area contributed by atoms with Gasteiger partial charge in [0.15, 0.2) is 23.2 Å². The molecule has 0 N–H and O–H groups in total. The van der Waals surface area contributed by atoms with Crippen molar-refractivity contribution in [3.8, 4) is 5.75 Å². The molecule has 0 saturated heterocycles. The lowest BCUT2D eigenvalue weighted by molar-refractivity contribution is -0.141. The van der Waals surface area contributed by atoms with Crippen LogP contribution in [0.1, 0.15) is 23.7 Å². The summed E-state index contributed by atoms with van der Waals surface area (Å²) in [5.41, 5.74) is -0.760. The van der Waals surface area contributed by atoms with Crippen molar-refractivity contribution in [2.24, 2.45) is 0 Å². The summed E-state index contributed by atoms with van der Waals surface area (Å²) in [7, 11) is 1.04. The highest BCUT2D eigenvalue weighted by Gasteiger charge is 2.24. The van der Waals surface area contributed by atoms with Crippen molar-refractivity contribution in [2.75, 3.05) is 13.7 Å². The summed E-state index contributed by atoms with van der Waals surface area (Å²) in [6.45, 7) is 1.58. The van der Waals surface area contributed by atoms with E-state index in [-0.39, 0.29) is 6.61 Å². The molecule has 0 unspecified atom stereocenters. The van der Waals surface area contributed by atoms with Gasteiger partial charge in [0.05, 0.1) is 19.3 Å². The van der Waals surface area contributed by atoms with Crippen molar-refractivity contribution in [1.29, 1.82) is 0 Å². The number of ketones is 1. The molecule has 0 amide bonds. The van der Waals surface area contributed by atoms with Crippen molar-refractivity contribution in [1.82, 2.24) is 0 Å². The summed E-state index contributed by atoms with van der Waals surface area (Å²) in [4.78, 5) is 22.7. The van der Waals surface area contributed by atoms with E-state index in [0.29, 0.717) is 6.07 Å². The highest BCUT2D eigenvalue weighted by Crippen LogP contribution is 2.26. The van der Waals surface area contributed by atoms with Crippen LogP contribution in [-0.2, 0) is 9.53 Å². The van der Waals surface area contributed by atoms with E-state index in [4.69, 9.17) is 0 Å². The molecule has 0 atom stereocenters. The molecule has 0 fully saturated rings. The zero-order chi connectivity index (χ0) is 14.6. The standard InChI is InChI=1S/C12H11F3O4/c1-3-19-9(17)5-7(16)6-4-8(18-2)11(14)12(15)10(6)13/h4H,3,5H2,1-2H3. The summed E-state index contributed by atoms with van der Waals surface area (Å²) < 4.78 is 48.7. The van der Waals surface area contributed by atoms with Gasteiger partial charge >= 0.3 is 5.97 Å². The molecular formula is C12H11F3O4. The molecule has 0 bridgehead atoms. The molecule has 0 aliphatic carbocycles. The van der Waals surface area contributed by atoms with Gasteiger partial charge in [0.25, 0.3) is 0 Å². The number of ether oxygens (including phenoxy) is 2. The molecular weight excluding hydrogens is 265 g/mol. The molecule has 7 heteroatoms. The van der Waals surface area contributed by atoms with Gasteiger partial charge in [0.1, 0.15) is 6.42 Å². The van der Waals surface area contributed by atoms with Crippen LogP contribution < -0.4 is 4.74 Å². The van der Waals surface area contributed by atoms with Crippen LogP contribution in [0.3, 0.4) is 0 Å². The Kier molecular flexibility index (Phi) is 4.91. The topological polar surface area (TPSA) is 52.6 Å². The van der Waals surface area contributed by atoms with Crippen LogP contribution in [0.5, 0.6) is 5.75 Å². The predicted octanol–water partition coefficient (Wildman–Crippen LogP) is 2.25. The van der Waals surface area contributed by atoms with Gasteiger partial charge in [-0.05, 0) is 13.0 Å². The van der Waals surface area contributed by atoms with Crippen molar-refractivity contribution < 1.29 is 32.2 Å². The second-order valence-corrected chi connectivity index (χ2v) is 3.47. The van der Waals surface area contributed by atoms with Gasteiger partial charge in [-0.1, -0.05) is 0 Å². The van der Waals surface area contributed by atoms with E-state index in [1.54, 1.807) is 0 Å². The third-order valence-corrected chi connectivity index (χ3v) is 2.24. The normalized spacial score (nSPS) is 10.2. The number of benzene rings is 1. The zero-order valence-electron chi connectivity index (χ0n) is 10.3. The molecule has 1 aromatic carbocycles. The monoisotopic (exact) mass is 276 g/mol. The molecule has 0 heterocycles. The number of methoxy groups -OCH3 is 1. The first-order valence-electron chi connectivity index (χ1n) is 5.32. The lowest BCUT2D eigenvalue weighted by Gasteiger charge is -2.08. The lowest BCUT2D eigenvalue weighted by Crippen LogP contribution is -2.14. The maximum absolute atomic E-state index is 13.4. The Balaban J connectivity index is 3.10. The van der Waals surface area contributed by atoms with E-state index in [1.165, 1.54) is 6.92 Å². The minimum Gasteiger partial charge on any atom is -0.494 e. The van der Waals surface area contributed by atoms with Crippen LogP contribution in [0.2, 0.25) is 0 Å². The number of hydrogen-bond donors (Lipinski definition) is 0. The first-order chi connectivity index (χ1) is 8.92. The Morgan fingerprint density at radius 2 is 1.79 bits per heavy atom. The van der Waals surface area contributed by atoms with Crippen molar-refractivity contribution in [3.05, 3.63) is 29.1 Å². The van der Waals surface area contributed by atoms with Crippen LogP contribution in [0.25, 0.3) is 0 Å². The third kappa shape index (κ3) is 3.24. The fourth-order valence-electron chi connectivity index (χ4n) is 1.37. The highest BCUT2D eigenvalue weighted by molar-refractivity contribution is 6.06. The largest absolute Gasteiger partial charge is 0.494 e. The molecule has 0 aliphatic heterocycles. The van der Waals surface area contributed by atoms with E-state index in [1.807, 2.05) is 0 Å². The summed E-state index contributed by atoms with van der Waals surface area (Å²) in [6, 6.07) is 0.704. The molecule has 1 aromatic rings. The zero-order valence-corrected chi connectivity index (χ0v) is 10.3. The molecule has 19 heavy (non-hydrogen) atoms. The highest BCUT2D eigenvalue weighted by atomic mass is 19.2. The maximum Gasteiger partial charge on any atom is 0.313 e. The van der Waals surface area contributed by atoms with Crippen LogP contribution in [0, 0.1) is 17.5 Å². The SMILES string of the molecule is CCOC(=O)CC(=O)c1cc(OC)c(F)c(F)c1F. The molecule has 0 aliphatic rings. The van der Waals surface area contributed by atoms with Gasteiger partial charge in [-0.2, -0.15) is 4.39 Å². The van der Waals surface area contributed by atoms with Gasteiger partial charge in [-0.3, -0.25) is 9.59 Å². The summed E-state index contributed by atoms with van der Waals surface area (Å²) in [6.07, 6.45) is -0.765. The lowest BCUT2D eigenvalue weighted by atomic mass is 10.1. The summed E-state index contributed by atoms with van der Waals surface area (Å²) in [5, 5.41) is 0. The molecule has 104 valence electrons. The van der Waals surface area contributed by atoms with E-state index in [2.05, 4.69) is 9.47 Å². The van der Waals surface area contributed by atoms with Crippen molar-refractivity contribution in [3.63, 3.8) is 0 Å². The minimum atomic E-state index is -1.83. The Hall–Kier alpha value is -2.05. The molecule has 0 aromatic heterocycles. The van der Waals surface area contributed by atoms with Crippen molar-refractivity contribution in [2.45, 2.75) is 13.3 Å². The van der Waals surface area contributed by atoms with Gasteiger partial charge in [0.2, 0.25) is 5.82 Å². The smallest absolute Gasteiger partial charge is 0.313 e. The number of carbonyl (C=O) groups excluding carboxylic acids is 2. The minimum absolute atomic E-state index is 0.0513.